The number of carbonyl (C=O) groups is 1. The summed E-state index contributed by atoms with van der Waals surface area (Å²) in [4.78, 5) is 15.1. The highest BCUT2D eigenvalue weighted by atomic mass is 16.5. The van der Waals surface area contributed by atoms with Crippen LogP contribution in [0.15, 0.2) is 24.4 Å². The Morgan fingerprint density at radius 2 is 2.12 bits per heavy atom. The van der Waals surface area contributed by atoms with Gasteiger partial charge in [0.1, 0.15) is 5.75 Å². The number of amides is 1. The van der Waals surface area contributed by atoms with Crippen molar-refractivity contribution in [3.05, 3.63) is 41.2 Å². The molecule has 0 unspecified atom stereocenters. The fraction of sp³-hybridized carbons (Fsp3) is 0.500. The summed E-state index contributed by atoms with van der Waals surface area (Å²) in [7, 11) is 1.67. The molecule has 0 spiro atoms. The first-order chi connectivity index (χ1) is 12.7. The molecule has 138 valence electrons. The highest BCUT2D eigenvalue weighted by molar-refractivity contribution is 6.06. The molecule has 1 aromatic heterocycles. The van der Waals surface area contributed by atoms with Gasteiger partial charge >= 0.3 is 0 Å². The molecule has 2 aliphatic heterocycles. The number of nitrogens with zero attached hydrogens (tertiary/aromatic N) is 3. The Kier molecular flexibility index (Phi) is 4.68. The van der Waals surface area contributed by atoms with Crippen molar-refractivity contribution in [3.63, 3.8) is 0 Å². The van der Waals surface area contributed by atoms with E-state index in [1.165, 1.54) is 0 Å². The smallest absolute Gasteiger partial charge is 0.279 e. The van der Waals surface area contributed by atoms with Crippen LogP contribution in [-0.2, 0) is 11.2 Å². The average molecular weight is 355 g/mol. The lowest BCUT2D eigenvalue weighted by Gasteiger charge is -2.29. The van der Waals surface area contributed by atoms with Crippen LogP contribution in [-0.4, -0.2) is 42.6 Å². The maximum absolute atomic E-state index is 13.2. The van der Waals surface area contributed by atoms with E-state index >= 15 is 0 Å². The summed E-state index contributed by atoms with van der Waals surface area (Å²) in [6.07, 6.45) is 5.81. The molecule has 0 radical (unpaired) electrons. The van der Waals surface area contributed by atoms with Crippen LogP contribution >= 0.6 is 0 Å². The minimum atomic E-state index is -0.0144. The number of benzene rings is 1. The van der Waals surface area contributed by atoms with Gasteiger partial charge in [0.25, 0.3) is 5.91 Å². The van der Waals surface area contributed by atoms with Crippen LogP contribution in [0.2, 0.25) is 0 Å². The number of anilines is 1. The van der Waals surface area contributed by atoms with E-state index in [1.54, 1.807) is 7.11 Å². The van der Waals surface area contributed by atoms with Crippen LogP contribution in [0.1, 0.15) is 46.9 Å². The fourth-order valence-corrected chi connectivity index (χ4v) is 3.87. The highest BCUT2D eigenvalue weighted by Crippen LogP contribution is 2.32. The first-order valence-corrected chi connectivity index (χ1v) is 9.29. The van der Waals surface area contributed by atoms with Crippen molar-refractivity contribution in [1.82, 2.24) is 9.78 Å². The summed E-state index contributed by atoms with van der Waals surface area (Å²) in [5.74, 6) is 0.817. The normalized spacial score (nSPS) is 17.8. The molecular weight excluding hydrogens is 330 g/mol. The number of ether oxygens (including phenoxy) is 2. The van der Waals surface area contributed by atoms with Crippen LogP contribution in [0.3, 0.4) is 0 Å². The number of carbonyl (C=O) groups excluding carboxylic acids is 1. The Labute approximate surface area is 153 Å². The van der Waals surface area contributed by atoms with Crippen LogP contribution < -0.4 is 9.64 Å². The molecule has 1 aromatic carbocycles. The topological polar surface area (TPSA) is 56.6 Å². The third kappa shape index (κ3) is 3.09. The quantitative estimate of drug-likeness (QED) is 0.849. The second-order valence-corrected chi connectivity index (χ2v) is 7.04. The molecule has 2 aromatic rings. The van der Waals surface area contributed by atoms with Gasteiger partial charge in [0.15, 0.2) is 5.69 Å². The van der Waals surface area contributed by atoms with Crippen LogP contribution in [0.5, 0.6) is 5.75 Å². The van der Waals surface area contributed by atoms with Crippen molar-refractivity contribution in [2.45, 2.75) is 38.6 Å². The highest BCUT2D eigenvalue weighted by Gasteiger charge is 2.28. The van der Waals surface area contributed by atoms with E-state index in [9.17, 15) is 4.79 Å². The monoisotopic (exact) mass is 355 g/mol. The van der Waals surface area contributed by atoms with E-state index in [-0.39, 0.29) is 5.91 Å². The van der Waals surface area contributed by atoms with Gasteiger partial charge in [0.05, 0.1) is 13.2 Å². The molecule has 0 N–H and O–H groups in total. The van der Waals surface area contributed by atoms with Crippen LogP contribution in [0.25, 0.3) is 0 Å². The SMILES string of the molecule is COc1ccc2c(c1)CCCN2C(=O)c1nn(C2CCOCC2)cc1C. The lowest BCUT2D eigenvalue weighted by atomic mass is 10.0. The van der Waals surface area contributed by atoms with Gasteiger partial charge in [-0.2, -0.15) is 5.10 Å². The first kappa shape index (κ1) is 17.1. The predicted molar refractivity (Wildman–Crippen MR) is 99.0 cm³/mol. The van der Waals surface area contributed by atoms with Gasteiger partial charge < -0.3 is 14.4 Å². The molecule has 6 heteroatoms. The van der Waals surface area contributed by atoms with E-state index < -0.39 is 0 Å². The number of aryl methyl sites for hydroxylation is 2. The van der Waals surface area contributed by atoms with E-state index in [2.05, 4.69) is 5.10 Å². The Bertz CT molecular complexity index is 809. The number of hydrogen-bond donors (Lipinski definition) is 0. The third-order valence-electron chi connectivity index (χ3n) is 5.33. The molecule has 1 amide bonds. The second kappa shape index (κ2) is 7.11. The molecule has 6 nitrogen and oxygen atoms in total. The van der Waals surface area contributed by atoms with Crippen molar-refractivity contribution in [2.24, 2.45) is 0 Å². The van der Waals surface area contributed by atoms with Crippen LogP contribution in [0.4, 0.5) is 5.69 Å². The van der Waals surface area contributed by atoms with E-state index in [0.717, 1.165) is 68.0 Å². The van der Waals surface area contributed by atoms with Crippen LogP contribution in [0, 0.1) is 6.92 Å². The van der Waals surface area contributed by atoms with Crippen molar-refractivity contribution in [3.8, 4) is 5.75 Å². The van der Waals surface area contributed by atoms with Gasteiger partial charge in [0, 0.05) is 37.2 Å². The number of aromatic nitrogens is 2. The summed E-state index contributed by atoms with van der Waals surface area (Å²) in [5.41, 5.74) is 3.62. The van der Waals surface area contributed by atoms with Crippen molar-refractivity contribution < 1.29 is 14.3 Å². The molecule has 4 rings (SSSR count). The molecule has 0 aliphatic carbocycles. The third-order valence-corrected chi connectivity index (χ3v) is 5.33. The molecule has 0 saturated carbocycles. The summed E-state index contributed by atoms with van der Waals surface area (Å²) in [6, 6.07) is 6.25. The number of methoxy groups -OCH3 is 1. The number of hydrogen-bond acceptors (Lipinski definition) is 4. The van der Waals surface area contributed by atoms with Gasteiger partial charge in [-0.25, -0.2) is 0 Å². The van der Waals surface area contributed by atoms with Gasteiger partial charge in [-0.1, -0.05) is 0 Å². The zero-order valence-electron chi connectivity index (χ0n) is 15.4. The molecule has 3 heterocycles. The molecule has 26 heavy (non-hydrogen) atoms. The molecule has 2 aliphatic rings. The Morgan fingerprint density at radius 1 is 1.31 bits per heavy atom. The number of rotatable bonds is 3. The first-order valence-electron chi connectivity index (χ1n) is 9.29. The van der Waals surface area contributed by atoms with Crippen molar-refractivity contribution in [1.29, 1.82) is 0 Å². The van der Waals surface area contributed by atoms with Gasteiger partial charge in [0.2, 0.25) is 0 Å². The molecule has 1 fully saturated rings. The van der Waals surface area contributed by atoms with E-state index in [1.807, 2.05) is 40.9 Å². The second-order valence-electron chi connectivity index (χ2n) is 7.04. The fourth-order valence-electron chi connectivity index (χ4n) is 3.87. The lowest BCUT2D eigenvalue weighted by molar-refractivity contribution is 0.0660. The summed E-state index contributed by atoms with van der Waals surface area (Å²) >= 11 is 0. The lowest BCUT2D eigenvalue weighted by Crippen LogP contribution is -2.36. The van der Waals surface area contributed by atoms with Crippen molar-refractivity contribution >= 4 is 11.6 Å². The summed E-state index contributed by atoms with van der Waals surface area (Å²) in [5, 5.41) is 4.66. The number of fused-ring (bicyclic) bond motifs is 1. The molecule has 0 bridgehead atoms. The van der Waals surface area contributed by atoms with Gasteiger partial charge in [-0.05, 0) is 56.4 Å². The van der Waals surface area contributed by atoms with E-state index in [4.69, 9.17) is 9.47 Å². The molecule has 1 saturated heterocycles. The summed E-state index contributed by atoms with van der Waals surface area (Å²) < 4.78 is 12.7. The Morgan fingerprint density at radius 3 is 2.88 bits per heavy atom. The maximum Gasteiger partial charge on any atom is 0.279 e. The van der Waals surface area contributed by atoms with Gasteiger partial charge in [-0.15, -0.1) is 0 Å². The minimum Gasteiger partial charge on any atom is -0.497 e. The standard InChI is InChI=1S/C20H25N3O3/c1-14-13-23(16-7-10-26-11-8-16)21-19(14)20(24)22-9-3-4-15-12-17(25-2)5-6-18(15)22/h5-6,12-13,16H,3-4,7-11H2,1-2H3. The summed E-state index contributed by atoms with van der Waals surface area (Å²) in [6.45, 7) is 4.21. The minimum absolute atomic E-state index is 0.0144. The molecule has 0 atom stereocenters. The zero-order chi connectivity index (χ0) is 18.1. The molecular formula is C20H25N3O3. The Hall–Kier alpha value is -2.34. The maximum atomic E-state index is 13.2. The van der Waals surface area contributed by atoms with Crippen molar-refractivity contribution in [2.75, 3.05) is 31.8 Å². The van der Waals surface area contributed by atoms with E-state index in [0.29, 0.717) is 11.7 Å². The average Bonchev–Trinajstić information content (AvgIpc) is 3.09. The predicted octanol–water partition coefficient (Wildman–Crippen LogP) is 3.14. The Balaban J connectivity index is 1.62. The largest absolute Gasteiger partial charge is 0.497 e. The zero-order valence-corrected chi connectivity index (χ0v) is 15.4. The van der Waals surface area contributed by atoms with Gasteiger partial charge in [-0.3, -0.25) is 9.48 Å².